The van der Waals surface area contributed by atoms with E-state index in [1.165, 1.54) is 29.2 Å². The molecule has 0 saturated carbocycles. The first-order chi connectivity index (χ1) is 15.3. The number of aliphatic hydroxyl groups excluding tert-OH is 1. The van der Waals surface area contributed by atoms with Gasteiger partial charge in [-0.2, -0.15) is 0 Å². The molecule has 1 aliphatic heterocycles. The van der Waals surface area contributed by atoms with E-state index in [-0.39, 0.29) is 17.9 Å². The Balaban J connectivity index is 2.00. The summed E-state index contributed by atoms with van der Waals surface area (Å²) in [5.74, 6) is -1.16. The lowest BCUT2D eigenvalue weighted by atomic mass is 9.95. The van der Waals surface area contributed by atoms with Crippen molar-refractivity contribution in [3.8, 4) is 5.75 Å². The van der Waals surface area contributed by atoms with Crippen molar-refractivity contribution in [2.75, 3.05) is 26.9 Å². The highest BCUT2D eigenvalue weighted by molar-refractivity contribution is 6.46. The topological polar surface area (TPSA) is 76.1 Å². The summed E-state index contributed by atoms with van der Waals surface area (Å²) in [6.07, 6.45) is 0.517. The van der Waals surface area contributed by atoms with Crippen LogP contribution in [0.25, 0.3) is 5.76 Å². The van der Waals surface area contributed by atoms with E-state index in [4.69, 9.17) is 9.47 Å². The zero-order chi connectivity index (χ0) is 23.3. The van der Waals surface area contributed by atoms with Crippen molar-refractivity contribution in [3.63, 3.8) is 0 Å². The van der Waals surface area contributed by atoms with Gasteiger partial charge in [0.2, 0.25) is 0 Å². The van der Waals surface area contributed by atoms with Crippen molar-refractivity contribution < 1.29 is 28.6 Å². The first-order valence-electron chi connectivity index (χ1n) is 10.6. The lowest BCUT2D eigenvalue weighted by Crippen LogP contribution is -2.31. The van der Waals surface area contributed by atoms with Crippen molar-refractivity contribution in [3.05, 3.63) is 71.0 Å². The molecule has 1 saturated heterocycles. The van der Waals surface area contributed by atoms with Crippen LogP contribution in [-0.4, -0.2) is 48.6 Å². The molecule has 3 rings (SSSR count). The van der Waals surface area contributed by atoms with Crippen LogP contribution in [0.4, 0.5) is 4.39 Å². The molecule has 170 valence electrons. The predicted molar refractivity (Wildman–Crippen MR) is 119 cm³/mol. The number of rotatable bonds is 9. The molecule has 7 heteroatoms. The molecule has 2 aromatic carbocycles. The zero-order valence-electron chi connectivity index (χ0n) is 18.5. The summed E-state index contributed by atoms with van der Waals surface area (Å²) in [4.78, 5) is 27.1. The molecule has 1 fully saturated rings. The van der Waals surface area contributed by atoms with Crippen molar-refractivity contribution in [2.24, 2.45) is 5.92 Å². The summed E-state index contributed by atoms with van der Waals surface area (Å²) < 4.78 is 24.2. The number of ketones is 1. The molecular weight excluding hydrogens is 413 g/mol. The van der Waals surface area contributed by atoms with Crippen LogP contribution in [0.2, 0.25) is 0 Å². The molecule has 0 aromatic heterocycles. The van der Waals surface area contributed by atoms with E-state index in [9.17, 15) is 19.1 Å². The Morgan fingerprint density at radius 3 is 2.34 bits per heavy atom. The molecule has 1 aliphatic rings. The quantitative estimate of drug-likeness (QED) is 0.272. The van der Waals surface area contributed by atoms with E-state index < -0.39 is 23.5 Å². The summed E-state index contributed by atoms with van der Waals surface area (Å²) in [7, 11) is 1.56. The largest absolute Gasteiger partial charge is 0.507 e. The van der Waals surface area contributed by atoms with Crippen LogP contribution in [0.3, 0.4) is 0 Å². The third-order valence-corrected chi connectivity index (χ3v) is 5.18. The minimum Gasteiger partial charge on any atom is -0.507 e. The Bertz CT molecular complexity index is 982. The number of Topliss-reactive ketones (excluding diaryl/α,β-unsaturated/α-hetero) is 1. The zero-order valence-corrected chi connectivity index (χ0v) is 18.5. The summed E-state index contributed by atoms with van der Waals surface area (Å²) >= 11 is 0. The van der Waals surface area contributed by atoms with Crippen LogP contribution in [0, 0.1) is 11.7 Å². The van der Waals surface area contributed by atoms with Gasteiger partial charge in [0.1, 0.15) is 17.3 Å². The fraction of sp³-hybridized carbons (Fsp3) is 0.360. The highest BCUT2D eigenvalue weighted by Crippen LogP contribution is 2.39. The average molecular weight is 441 g/mol. The molecule has 0 radical (unpaired) electrons. The summed E-state index contributed by atoms with van der Waals surface area (Å²) in [5, 5.41) is 11.0. The number of carbonyl (C=O) groups excluding carboxylic acids is 2. The minimum absolute atomic E-state index is 0.0186. The second kappa shape index (κ2) is 10.4. The maximum absolute atomic E-state index is 13.5. The molecule has 0 spiro atoms. The van der Waals surface area contributed by atoms with E-state index in [0.29, 0.717) is 42.4 Å². The van der Waals surface area contributed by atoms with E-state index in [1.807, 2.05) is 13.8 Å². The second-order valence-corrected chi connectivity index (χ2v) is 8.12. The molecule has 1 amide bonds. The smallest absolute Gasteiger partial charge is 0.295 e. The molecule has 2 aromatic rings. The lowest BCUT2D eigenvalue weighted by molar-refractivity contribution is -0.140. The fourth-order valence-corrected chi connectivity index (χ4v) is 3.61. The van der Waals surface area contributed by atoms with Gasteiger partial charge in [0.25, 0.3) is 11.7 Å². The summed E-state index contributed by atoms with van der Waals surface area (Å²) in [6.45, 7) is 5.32. The van der Waals surface area contributed by atoms with Crippen molar-refractivity contribution in [1.82, 2.24) is 4.90 Å². The Kier molecular flexibility index (Phi) is 7.64. The number of ether oxygens (including phenoxy) is 2. The normalized spacial score (nSPS) is 17.9. The Labute approximate surface area is 187 Å². The molecule has 1 heterocycles. The maximum atomic E-state index is 13.5. The van der Waals surface area contributed by atoms with Crippen LogP contribution in [0.5, 0.6) is 5.75 Å². The standard InChI is InChI=1S/C25H28FNO5/c1-16(2)15-32-20-11-7-18(8-12-20)23(28)21-22(17-5-9-19(26)10-6-17)27(13-4-14-31-3)25(30)24(21)29/h5-12,16,22,28H,4,13-15H2,1-3H3/b23-21+/t22-/m1/s1. The van der Waals surface area contributed by atoms with Gasteiger partial charge in [-0.05, 0) is 54.3 Å². The van der Waals surface area contributed by atoms with E-state index in [0.717, 1.165) is 0 Å². The van der Waals surface area contributed by atoms with Gasteiger partial charge < -0.3 is 19.5 Å². The number of hydrogen-bond donors (Lipinski definition) is 1. The number of amides is 1. The first-order valence-corrected chi connectivity index (χ1v) is 10.6. The molecule has 0 unspecified atom stereocenters. The molecular formula is C25H28FNO5. The van der Waals surface area contributed by atoms with E-state index >= 15 is 0 Å². The third-order valence-electron chi connectivity index (χ3n) is 5.18. The number of methoxy groups -OCH3 is 1. The van der Waals surface area contributed by atoms with Gasteiger partial charge in [-0.15, -0.1) is 0 Å². The van der Waals surface area contributed by atoms with Gasteiger partial charge >= 0.3 is 0 Å². The van der Waals surface area contributed by atoms with Gasteiger partial charge in [0, 0.05) is 25.8 Å². The number of aliphatic hydroxyl groups is 1. The van der Waals surface area contributed by atoms with Crippen LogP contribution >= 0.6 is 0 Å². The van der Waals surface area contributed by atoms with Crippen molar-refractivity contribution in [1.29, 1.82) is 0 Å². The monoisotopic (exact) mass is 441 g/mol. The van der Waals surface area contributed by atoms with Gasteiger partial charge in [-0.1, -0.05) is 26.0 Å². The molecule has 1 N–H and O–H groups in total. The maximum Gasteiger partial charge on any atom is 0.295 e. The number of carbonyl (C=O) groups is 2. The number of likely N-dealkylation sites (tertiary alicyclic amines) is 1. The number of benzene rings is 2. The predicted octanol–water partition coefficient (Wildman–Crippen LogP) is 4.32. The van der Waals surface area contributed by atoms with Gasteiger partial charge in [-0.25, -0.2) is 4.39 Å². The minimum atomic E-state index is -0.815. The highest BCUT2D eigenvalue weighted by atomic mass is 19.1. The van der Waals surface area contributed by atoms with Crippen molar-refractivity contribution in [2.45, 2.75) is 26.3 Å². The highest BCUT2D eigenvalue weighted by Gasteiger charge is 2.45. The third kappa shape index (κ3) is 5.16. The van der Waals surface area contributed by atoms with E-state index in [1.54, 1.807) is 31.4 Å². The SMILES string of the molecule is COCCCN1C(=O)C(=O)/C(=C(/O)c2ccc(OCC(C)C)cc2)[C@H]1c1ccc(F)cc1. The van der Waals surface area contributed by atoms with Crippen LogP contribution in [0.1, 0.15) is 37.4 Å². The van der Waals surface area contributed by atoms with Gasteiger partial charge in [0.05, 0.1) is 18.2 Å². The van der Waals surface area contributed by atoms with Gasteiger partial charge in [-0.3, -0.25) is 9.59 Å². The lowest BCUT2D eigenvalue weighted by Gasteiger charge is -2.25. The molecule has 0 aliphatic carbocycles. The summed E-state index contributed by atoms with van der Waals surface area (Å²) in [6, 6.07) is 11.5. The van der Waals surface area contributed by atoms with Crippen LogP contribution in [-0.2, 0) is 14.3 Å². The number of hydrogen-bond acceptors (Lipinski definition) is 5. The molecule has 0 bridgehead atoms. The first kappa shape index (κ1) is 23.5. The fourth-order valence-electron chi connectivity index (χ4n) is 3.61. The molecule has 1 atom stereocenters. The Morgan fingerprint density at radius 1 is 1.09 bits per heavy atom. The van der Waals surface area contributed by atoms with Gasteiger partial charge in [0.15, 0.2) is 0 Å². The Hall–Kier alpha value is -3.19. The molecule has 6 nitrogen and oxygen atoms in total. The summed E-state index contributed by atoms with van der Waals surface area (Å²) in [5.41, 5.74) is 0.917. The van der Waals surface area contributed by atoms with Crippen molar-refractivity contribution >= 4 is 17.4 Å². The van der Waals surface area contributed by atoms with Crippen LogP contribution < -0.4 is 4.74 Å². The molecule has 32 heavy (non-hydrogen) atoms. The number of halogens is 1. The second-order valence-electron chi connectivity index (χ2n) is 8.12. The van der Waals surface area contributed by atoms with E-state index in [2.05, 4.69) is 0 Å². The number of nitrogens with zero attached hydrogens (tertiary/aromatic N) is 1. The average Bonchev–Trinajstić information content (AvgIpc) is 3.03. The van der Waals surface area contributed by atoms with Crippen LogP contribution in [0.15, 0.2) is 54.1 Å². The Morgan fingerprint density at radius 2 is 1.75 bits per heavy atom.